The minimum atomic E-state index is 0.0787. The van der Waals surface area contributed by atoms with E-state index >= 15 is 0 Å². The van der Waals surface area contributed by atoms with E-state index in [1.54, 1.807) is 6.26 Å². The summed E-state index contributed by atoms with van der Waals surface area (Å²) in [7, 11) is 2.01. The molecule has 1 aliphatic heterocycles. The minimum Gasteiger partial charge on any atom is -0.464 e. The summed E-state index contributed by atoms with van der Waals surface area (Å²) in [6.45, 7) is 3.99. The summed E-state index contributed by atoms with van der Waals surface area (Å²) in [6.07, 6.45) is 5.42. The average Bonchev–Trinajstić information content (AvgIpc) is 3.35. The van der Waals surface area contributed by atoms with E-state index in [1.165, 1.54) is 0 Å². The number of hydrogen-bond acceptors (Lipinski definition) is 4. The molecule has 1 saturated heterocycles. The lowest BCUT2D eigenvalue weighted by Crippen LogP contribution is -2.48. The van der Waals surface area contributed by atoms with Crippen LogP contribution in [0.3, 0.4) is 0 Å². The summed E-state index contributed by atoms with van der Waals surface area (Å²) in [5, 5.41) is 0. The first-order chi connectivity index (χ1) is 12.7. The molecule has 2 aromatic heterocycles. The van der Waals surface area contributed by atoms with Gasteiger partial charge in [-0.1, -0.05) is 12.1 Å². The van der Waals surface area contributed by atoms with Gasteiger partial charge in [0.25, 0.3) is 5.91 Å². The van der Waals surface area contributed by atoms with Crippen molar-refractivity contribution in [2.24, 2.45) is 7.05 Å². The number of benzene rings is 1. The predicted molar refractivity (Wildman–Crippen MR) is 98.5 cm³/mol. The second-order valence-electron chi connectivity index (χ2n) is 6.58. The van der Waals surface area contributed by atoms with Gasteiger partial charge < -0.3 is 13.9 Å². The molecule has 0 aliphatic carbocycles. The number of rotatable bonds is 4. The van der Waals surface area contributed by atoms with Gasteiger partial charge in [-0.15, -0.1) is 0 Å². The van der Waals surface area contributed by atoms with Crippen LogP contribution >= 0.6 is 0 Å². The molecule has 1 amide bonds. The van der Waals surface area contributed by atoms with Crippen LogP contribution in [0.2, 0.25) is 0 Å². The maximum Gasteiger partial charge on any atom is 0.253 e. The fourth-order valence-electron chi connectivity index (χ4n) is 3.29. The quantitative estimate of drug-likeness (QED) is 0.726. The van der Waals surface area contributed by atoms with Crippen LogP contribution in [0.15, 0.2) is 59.5 Å². The van der Waals surface area contributed by atoms with Crippen molar-refractivity contribution in [1.29, 1.82) is 0 Å². The summed E-state index contributed by atoms with van der Waals surface area (Å²) in [6, 6.07) is 11.4. The summed E-state index contributed by atoms with van der Waals surface area (Å²) >= 11 is 0. The van der Waals surface area contributed by atoms with Gasteiger partial charge in [-0.05, 0) is 24.3 Å². The van der Waals surface area contributed by atoms with Crippen molar-refractivity contribution < 1.29 is 9.21 Å². The number of nitrogens with zero attached hydrogens (tertiary/aromatic N) is 4. The Morgan fingerprint density at radius 1 is 1.15 bits per heavy atom. The molecule has 3 heterocycles. The first-order valence-electron chi connectivity index (χ1n) is 8.82. The van der Waals surface area contributed by atoms with Crippen LogP contribution in [0.25, 0.3) is 11.3 Å². The molecule has 0 unspecified atom stereocenters. The Labute approximate surface area is 152 Å². The number of aryl methyl sites for hydroxylation is 1. The Kier molecular flexibility index (Phi) is 4.58. The topological polar surface area (TPSA) is 54.5 Å². The summed E-state index contributed by atoms with van der Waals surface area (Å²) < 4.78 is 7.47. The third-order valence-corrected chi connectivity index (χ3v) is 4.86. The number of piperazine rings is 1. The van der Waals surface area contributed by atoms with Gasteiger partial charge in [0.05, 0.1) is 12.8 Å². The molecule has 0 bridgehead atoms. The van der Waals surface area contributed by atoms with Gasteiger partial charge in [0, 0.05) is 56.7 Å². The Hall–Kier alpha value is -2.86. The molecule has 0 atom stereocenters. The molecule has 6 heteroatoms. The standard InChI is InChI=1S/C20H22N4O2/c1-22-8-7-21-19(22)15-23-9-11-24(12-10-23)20(25)17-5-2-4-16(14-17)18-6-3-13-26-18/h2-8,13-14H,9-12,15H2,1H3. The average molecular weight is 350 g/mol. The van der Waals surface area contributed by atoms with Gasteiger partial charge in [-0.2, -0.15) is 0 Å². The minimum absolute atomic E-state index is 0.0787. The number of amides is 1. The van der Waals surface area contributed by atoms with Gasteiger partial charge in [-0.3, -0.25) is 9.69 Å². The van der Waals surface area contributed by atoms with Crippen molar-refractivity contribution in [3.05, 3.63) is 66.4 Å². The van der Waals surface area contributed by atoms with E-state index in [9.17, 15) is 4.79 Å². The molecule has 1 aromatic carbocycles. The summed E-state index contributed by atoms with van der Waals surface area (Å²) in [5.74, 6) is 1.91. The van der Waals surface area contributed by atoms with Gasteiger partial charge in [0.1, 0.15) is 11.6 Å². The van der Waals surface area contributed by atoms with Crippen LogP contribution in [0, 0.1) is 0 Å². The molecule has 0 saturated carbocycles. The SMILES string of the molecule is Cn1ccnc1CN1CCN(C(=O)c2cccc(-c3ccco3)c2)CC1. The van der Waals surface area contributed by atoms with Crippen LogP contribution in [0.5, 0.6) is 0 Å². The molecule has 0 spiro atoms. The maximum absolute atomic E-state index is 12.9. The highest BCUT2D eigenvalue weighted by Gasteiger charge is 2.23. The third-order valence-electron chi connectivity index (χ3n) is 4.86. The van der Waals surface area contributed by atoms with E-state index in [0.29, 0.717) is 5.56 Å². The van der Waals surface area contributed by atoms with Crippen LogP contribution < -0.4 is 0 Å². The van der Waals surface area contributed by atoms with E-state index in [1.807, 2.05) is 65.3 Å². The molecule has 0 radical (unpaired) electrons. The van der Waals surface area contributed by atoms with Crippen molar-refractivity contribution >= 4 is 5.91 Å². The molecule has 1 fully saturated rings. The normalized spacial score (nSPS) is 15.3. The Morgan fingerprint density at radius 3 is 2.69 bits per heavy atom. The highest BCUT2D eigenvalue weighted by molar-refractivity contribution is 5.95. The highest BCUT2D eigenvalue weighted by atomic mass is 16.3. The lowest BCUT2D eigenvalue weighted by molar-refractivity contribution is 0.0624. The number of aromatic nitrogens is 2. The number of furan rings is 1. The fourth-order valence-corrected chi connectivity index (χ4v) is 3.29. The van der Waals surface area contributed by atoms with E-state index in [0.717, 1.165) is 49.9 Å². The monoisotopic (exact) mass is 350 g/mol. The number of carbonyl (C=O) groups excluding carboxylic acids is 1. The zero-order valence-electron chi connectivity index (χ0n) is 14.8. The van der Waals surface area contributed by atoms with Crippen LogP contribution in [-0.2, 0) is 13.6 Å². The molecule has 1 aliphatic rings. The van der Waals surface area contributed by atoms with Gasteiger partial charge in [0.15, 0.2) is 0 Å². The smallest absolute Gasteiger partial charge is 0.253 e. The number of hydrogen-bond donors (Lipinski definition) is 0. The molecule has 134 valence electrons. The van der Waals surface area contributed by atoms with Crippen LogP contribution in [0.1, 0.15) is 16.2 Å². The first-order valence-corrected chi connectivity index (χ1v) is 8.82. The van der Waals surface area contributed by atoms with E-state index in [2.05, 4.69) is 9.88 Å². The number of carbonyl (C=O) groups is 1. The van der Waals surface area contributed by atoms with Gasteiger partial charge in [-0.25, -0.2) is 4.98 Å². The molecular weight excluding hydrogens is 328 g/mol. The highest BCUT2D eigenvalue weighted by Crippen LogP contribution is 2.22. The molecule has 26 heavy (non-hydrogen) atoms. The van der Waals surface area contributed by atoms with Crippen LogP contribution in [-0.4, -0.2) is 51.4 Å². The third kappa shape index (κ3) is 3.41. The van der Waals surface area contributed by atoms with E-state index in [-0.39, 0.29) is 5.91 Å². The van der Waals surface area contributed by atoms with Crippen LogP contribution in [0.4, 0.5) is 0 Å². The molecule has 4 rings (SSSR count). The second kappa shape index (κ2) is 7.17. The Balaban J connectivity index is 1.39. The molecule has 0 N–H and O–H groups in total. The Morgan fingerprint density at radius 2 is 2.00 bits per heavy atom. The van der Waals surface area contributed by atoms with Crippen molar-refractivity contribution in [1.82, 2.24) is 19.4 Å². The Bertz CT molecular complexity index is 877. The zero-order valence-corrected chi connectivity index (χ0v) is 14.8. The lowest BCUT2D eigenvalue weighted by Gasteiger charge is -2.34. The van der Waals surface area contributed by atoms with Crippen molar-refractivity contribution in [2.75, 3.05) is 26.2 Å². The molecule has 6 nitrogen and oxygen atoms in total. The molecular formula is C20H22N4O2. The second-order valence-corrected chi connectivity index (χ2v) is 6.58. The van der Waals surface area contributed by atoms with Gasteiger partial charge >= 0.3 is 0 Å². The fraction of sp³-hybridized carbons (Fsp3) is 0.300. The van der Waals surface area contributed by atoms with Crippen molar-refractivity contribution in [2.45, 2.75) is 6.54 Å². The van der Waals surface area contributed by atoms with Crippen molar-refractivity contribution in [3.63, 3.8) is 0 Å². The van der Waals surface area contributed by atoms with E-state index < -0.39 is 0 Å². The molecule has 3 aromatic rings. The maximum atomic E-state index is 12.9. The zero-order chi connectivity index (χ0) is 17.9. The largest absolute Gasteiger partial charge is 0.464 e. The predicted octanol–water partition coefficient (Wildman–Crippen LogP) is 2.64. The van der Waals surface area contributed by atoms with Crippen molar-refractivity contribution in [3.8, 4) is 11.3 Å². The summed E-state index contributed by atoms with van der Waals surface area (Å²) in [5.41, 5.74) is 1.63. The first kappa shape index (κ1) is 16.6. The van der Waals surface area contributed by atoms with Gasteiger partial charge in [0.2, 0.25) is 0 Å². The number of imidazole rings is 1. The lowest BCUT2D eigenvalue weighted by atomic mass is 10.1. The summed E-state index contributed by atoms with van der Waals surface area (Å²) in [4.78, 5) is 21.5. The van der Waals surface area contributed by atoms with E-state index in [4.69, 9.17) is 4.42 Å².